The third kappa shape index (κ3) is 1.94. The van der Waals surface area contributed by atoms with Gasteiger partial charge in [-0.1, -0.05) is 13.3 Å². The van der Waals surface area contributed by atoms with Gasteiger partial charge in [0.15, 0.2) is 0 Å². The first-order valence-electron chi connectivity index (χ1n) is 4.03. The molecule has 0 amide bonds. The topological polar surface area (TPSA) is 33.1 Å². The summed E-state index contributed by atoms with van der Waals surface area (Å²) in [5.41, 5.74) is 0.291. The van der Waals surface area contributed by atoms with E-state index in [1.807, 2.05) is 6.92 Å². The van der Waals surface area contributed by atoms with Crippen LogP contribution in [0.25, 0.3) is 0 Å². The van der Waals surface area contributed by atoms with Crippen LogP contribution < -0.4 is 0 Å². The summed E-state index contributed by atoms with van der Waals surface area (Å²) in [4.78, 5) is 3.60. The van der Waals surface area contributed by atoms with Crippen molar-refractivity contribution in [1.29, 1.82) is 0 Å². The second kappa shape index (κ2) is 4.04. The molecule has 12 heavy (non-hydrogen) atoms. The number of halogens is 1. The lowest BCUT2D eigenvalue weighted by atomic mass is 10.1. The summed E-state index contributed by atoms with van der Waals surface area (Å²) in [5, 5.41) is 9.16. The van der Waals surface area contributed by atoms with Gasteiger partial charge in [-0.2, -0.15) is 0 Å². The maximum absolute atomic E-state index is 13.2. The van der Waals surface area contributed by atoms with Crippen molar-refractivity contribution < 1.29 is 9.50 Å². The van der Waals surface area contributed by atoms with Crippen LogP contribution in [0.4, 0.5) is 4.39 Å². The highest BCUT2D eigenvalue weighted by Crippen LogP contribution is 2.27. The third-order valence-corrected chi connectivity index (χ3v) is 1.70. The van der Waals surface area contributed by atoms with Crippen LogP contribution in [0.2, 0.25) is 0 Å². The van der Waals surface area contributed by atoms with Gasteiger partial charge >= 0.3 is 0 Å². The molecule has 0 aliphatic heterocycles. The molecule has 0 saturated carbocycles. The number of rotatable bonds is 3. The molecule has 1 heterocycles. The Balaban J connectivity index is 2.79. The Morgan fingerprint density at radius 1 is 1.67 bits per heavy atom. The predicted molar refractivity (Wildman–Crippen MR) is 44.7 cm³/mol. The summed E-state index contributed by atoms with van der Waals surface area (Å²) in [7, 11) is 0. The Kier molecular flexibility index (Phi) is 3.02. The van der Waals surface area contributed by atoms with Gasteiger partial charge in [-0.25, -0.2) is 9.37 Å². The van der Waals surface area contributed by atoms with Gasteiger partial charge in [-0.05, 0) is 18.6 Å². The Morgan fingerprint density at radius 3 is 3.00 bits per heavy atom. The van der Waals surface area contributed by atoms with Crippen LogP contribution in [-0.2, 0) is 0 Å². The number of hydrogen-bond donors (Lipinski definition) is 1. The molecule has 1 N–H and O–H groups in total. The molecular weight excluding hydrogens is 157 g/mol. The normalized spacial score (nSPS) is 12.8. The van der Waals surface area contributed by atoms with Gasteiger partial charge in [0.2, 0.25) is 5.88 Å². The molecule has 66 valence electrons. The summed E-state index contributed by atoms with van der Waals surface area (Å²) in [6.45, 7) is 1.90. The van der Waals surface area contributed by atoms with Gasteiger partial charge in [0.05, 0.1) is 0 Å². The van der Waals surface area contributed by atoms with E-state index < -0.39 is 6.17 Å². The number of aromatic hydroxyl groups is 1. The zero-order valence-electron chi connectivity index (χ0n) is 7.00. The van der Waals surface area contributed by atoms with E-state index in [9.17, 15) is 4.39 Å². The molecule has 0 aliphatic carbocycles. The first-order valence-corrected chi connectivity index (χ1v) is 4.03. The zero-order chi connectivity index (χ0) is 8.97. The van der Waals surface area contributed by atoms with E-state index in [0.29, 0.717) is 12.0 Å². The number of pyridine rings is 1. The zero-order valence-corrected chi connectivity index (χ0v) is 7.00. The number of nitrogens with zero attached hydrogens (tertiary/aromatic N) is 1. The average molecular weight is 169 g/mol. The Bertz CT molecular complexity index is 252. The number of alkyl halides is 1. The summed E-state index contributed by atoms with van der Waals surface area (Å²) >= 11 is 0. The van der Waals surface area contributed by atoms with E-state index in [0.717, 1.165) is 6.42 Å². The smallest absolute Gasteiger partial charge is 0.216 e. The molecule has 1 atom stereocenters. The maximum Gasteiger partial charge on any atom is 0.216 e. The minimum absolute atomic E-state index is 0.196. The van der Waals surface area contributed by atoms with Crippen LogP contribution in [-0.4, -0.2) is 10.1 Å². The van der Waals surface area contributed by atoms with Gasteiger partial charge in [-0.15, -0.1) is 0 Å². The van der Waals surface area contributed by atoms with Crippen LogP contribution >= 0.6 is 0 Å². The van der Waals surface area contributed by atoms with Gasteiger partial charge < -0.3 is 5.11 Å². The quantitative estimate of drug-likeness (QED) is 0.754. The van der Waals surface area contributed by atoms with E-state index in [1.54, 1.807) is 12.1 Å². The minimum Gasteiger partial charge on any atom is -0.493 e. The van der Waals surface area contributed by atoms with Crippen molar-refractivity contribution in [3.8, 4) is 5.88 Å². The molecule has 0 unspecified atom stereocenters. The third-order valence-electron chi connectivity index (χ3n) is 1.70. The summed E-state index contributed by atoms with van der Waals surface area (Å²) < 4.78 is 13.2. The fraction of sp³-hybridized carbons (Fsp3) is 0.444. The highest BCUT2D eigenvalue weighted by atomic mass is 19.1. The van der Waals surface area contributed by atoms with Crippen molar-refractivity contribution in [2.24, 2.45) is 0 Å². The van der Waals surface area contributed by atoms with Gasteiger partial charge in [0.1, 0.15) is 6.17 Å². The average Bonchev–Trinajstić information content (AvgIpc) is 2.05. The lowest BCUT2D eigenvalue weighted by molar-refractivity contribution is 0.306. The Morgan fingerprint density at radius 2 is 2.42 bits per heavy atom. The number of aromatic nitrogens is 1. The molecule has 0 saturated heterocycles. The fourth-order valence-corrected chi connectivity index (χ4v) is 1.06. The van der Waals surface area contributed by atoms with E-state index in [2.05, 4.69) is 4.98 Å². The SMILES string of the molecule is CCC[C@H](F)c1cccnc1O. The molecule has 0 aliphatic rings. The Labute approximate surface area is 71.1 Å². The fourth-order valence-electron chi connectivity index (χ4n) is 1.06. The maximum atomic E-state index is 13.2. The summed E-state index contributed by atoms with van der Waals surface area (Å²) in [6.07, 6.45) is 1.54. The molecule has 0 radical (unpaired) electrons. The van der Waals surface area contributed by atoms with E-state index in [4.69, 9.17) is 5.11 Å². The number of hydrogen-bond acceptors (Lipinski definition) is 2. The van der Waals surface area contributed by atoms with Crippen molar-refractivity contribution in [3.63, 3.8) is 0 Å². The van der Waals surface area contributed by atoms with Crippen molar-refractivity contribution in [2.45, 2.75) is 25.9 Å². The molecule has 1 rings (SSSR count). The first-order chi connectivity index (χ1) is 5.75. The summed E-state index contributed by atoms with van der Waals surface area (Å²) in [5.74, 6) is -0.196. The van der Waals surface area contributed by atoms with Crippen LogP contribution in [0.1, 0.15) is 31.5 Å². The predicted octanol–water partition coefficient (Wildman–Crippen LogP) is 2.60. The molecule has 1 aromatic rings. The van der Waals surface area contributed by atoms with Crippen LogP contribution in [0, 0.1) is 0 Å². The summed E-state index contributed by atoms with van der Waals surface area (Å²) in [6, 6.07) is 3.18. The molecule has 0 fully saturated rings. The molecule has 0 aromatic carbocycles. The van der Waals surface area contributed by atoms with Crippen LogP contribution in [0.15, 0.2) is 18.3 Å². The van der Waals surface area contributed by atoms with E-state index in [1.165, 1.54) is 6.20 Å². The van der Waals surface area contributed by atoms with Crippen molar-refractivity contribution in [2.75, 3.05) is 0 Å². The van der Waals surface area contributed by atoms with Crippen LogP contribution in [0.3, 0.4) is 0 Å². The molecule has 0 bridgehead atoms. The first kappa shape index (κ1) is 8.97. The molecule has 0 spiro atoms. The van der Waals surface area contributed by atoms with Gasteiger partial charge in [-0.3, -0.25) is 0 Å². The second-order valence-electron chi connectivity index (χ2n) is 2.67. The monoisotopic (exact) mass is 169 g/mol. The second-order valence-corrected chi connectivity index (χ2v) is 2.67. The van der Waals surface area contributed by atoms with Crippen molar-refractivity contribution in [3.05, 3.63) is 23.9 Å². The highest BCUT2D eigenvalue weighted by Gasteiger charge is 2.12. The highest BCUT2D eigenvalue weighted by molar-refractivity contribution is 5.26. The Hall–Kier alpha value is -1.12. The standard InChI is InChI=1S/C9H12FNO/c1-2-4-8(10)7-5-3-6-11-9(7)12/h3,5-6,8H,2,4H2,1H3,(H,11,12)/t8-/m0/s1. The van der Waals surface area contributed by atoms with Crippen molar-refractivity contribution in [1.82, 2.24) is 4.98 Å². The molecule has 3 heteroatoms. The molecule has 2 nitrogen and oxygen atoms in total. The van der Waals surface area contributed by atoms with Gasteiger partial charge in [0, 0.05) is 11.8 Å². The van der Waals surface area contributed by atoms with E-state index in [-0.39, 0.29) is 5.88 Å². The lowest BCUT2D eigenvalue weighted by Gasteiger charge is -2.06. The molecular formula is C9H12FNO. The largest absolute Gasteiger partial charge is 0.493 e. The lowest BCUT2D eigenvalue weighted by Crippen LogP contribution is -1.92. The molecule has 1 aromatic heterocycles. The minimum atomic E-state index is -1.09. The van der Waals surface area contributed by atoms with Gasteiger partial charge in [0.25, 0.3) is 0 Å². The van der Waals surface area contributed by atoms with E-state index >= 15 is 0 Å². The van der Waals surface area contributed by atoms with Crippen molar-refractivity contribution >= 4 is 0 Å². The van der Waals surface area contributed by atoms with Crippen LogP contribution in [0.5, 0.6) is 5.88 Å².